The summed E-state index contributed by atoms with van der Waals surface area (Å²) in [6.45, 7) is 0. The summed E-state index contributed by atoms with van der Waals surface area (Å²) in [6.07, 6.45) is -1.46. The van der Waals surface area contributed by atoms with E-state index < -0.39 is 23.8 Å². The predicted octanol–water partition coefficient (Wildman–Crippen LogP) is 4.12. The lowest BCUT2D eigenvalue weighted by Gasteiger charge is -2.17. The van der Waals surface area contributed by atoms with Gasteiger partial charge in [0.15, 0.2) is 6.39 Å². The standard InChI is InChI=1S/C21H19F3N2O4/c1-28-20(27)19(25)9-14-4-7-16(10-18(14)21(22,23)24)30-15-5-2-13(3-6-15)8-17-11-26-12-29-17/h2-7,10-12,19H,8-9,25H2,1H3. The molecular formula is C21H19F3N2O4. The lowest BCUT2D eigenvalue weighted by molar-refractivity contribution is -0.143. The molecule has 0 aliphatic heterocycles. The van der Waals surface area contributed by atoms with Gasteiger partial charge in [-0.3, -0.25) is 4.79 Å². The number of hydrogen-bond donors (Lipinski definition) is 1. The van der Waals surface area contributed by atoms with Crippen LogP contribution >= 0.6 is 0 Å². The van der Waals surface area contributed by atoms with E-state index in [4.69, 9.17) is 14.9 Å². The lowest BCUT2D eigenvalue weighted by Crippen LogP contribution is -2.34. The molecule has 2 N–H and O–H groups in total. The van der Waals surface area contributed by atoms with Gasteiger partial charge in [0.2, 0.25) is 0 Å². The van der Waals surface area contributed by atoms with E-state index in [1.54, 1.807) is 30.5 Å². The maximum Gasteiger partial charge on any atom is 0.416 e. The van der Waals surface area contributed by atoms with Gasteiger partial charge in [-0.25, -0.2) is 4.98 Å². The van der Waals surface area contributed by atoms with Gasteiger partial charge >= 0.3 is 12.1 Å². The average molecular weight is 420 g/mol. The second kappa shape index (κ2) is 9.00. The number of esters is 1. The van der Waals surface area contributed by atoms with Gasteiger partial charge in [0.25, 0.3) is 0 Å². The summed E-state index contributed by atoms with van der Waals surface area (Å²) in [5.74, 6) is 0.303. The number of carbonyl (C=O) groups is 1. The summed E-state index contributed by atoms with van der Waals surface area (Å²) >= 11 is 0. The van der Waals surface area contributed by atoms with Gasteiger partial charge in [-0.1, -0.05) is 18.2 Å². The van der Waals surface area contributed by atoms with Crippen molar-refractivity contribution in [3.8, 4) is 11.5 Å². The smallest absolute Gasteiger partial charge is 0.416 e. The first-order valence-corrected chi connectivity index (χ1v) is 8.94. The fourth-order valence-corrected chi connectivity index (χ4v) is 2.87. The Morgan fingerprint density at radius 3 is 2.47 bits per heavy atom. The first kappa shape index (κ1) is 21.4. The van der Waals surface area contributed by atoms with Gasteiger partial charge < -0.3 is 19.6 Å². The van der Waals surface area contributed by atoms with Gasteiger partial charge in [0, 0.05) is 6.42 Å². The summed E-state index contributed by atoms with van der Waals surface area (Å²) in [6, 6.07) is 9.22. The third-order valence-electron chi connectivity index (χ3n) is 4.35. The SMILES string of the molecule is COC(=O)C(N)Cc1ccc(Oc2ccc(Cc3cnco3)cc2)cc1C(F)(F)F. The van der Waals surface area contributed by atoms with E-state index in [9.17, 15) is 18.0 Å². The minimum absolute atomic E-state index is 0.0145. The number of hydrogen-bond acceptors (Lipinski definition) is 6. The van der Waals surface area contributed by atoms with E-state index in [-0.39, 0.29) is 17.7 Å². The van der Waals surface area contributed by atoms with Crippen LogP contribution in [0.4, 0.5) is 13.2 Å². The highest BCUT2D eigenvalue weighted by atomic mass is 19.4. The van der Waals surface area contributed by atoms with Gasteiger partial charge in [-0.15, -0.1) is 0 Å². The average Bonchev–Trinajstić information content (AvgIpc) is 3.22. The van der Waals surface area contributed by atoms with Crippen LogP contribution in [0.1, 0.15) is 22.5 Å². The summed E-state index contributed by atoms with van der Waals surface area (Å²) in [5, 5.41) is 0. The topological polar surface area (TPSA) is 87.6 Å². The van der Waals surface area contributed by atoms with Crippen molar-refractivity contribution in [2.24, 2.45) is 5.73 Å². The number of carbonyl (C=O) groups excluding carboxylic acids is 1. The predicted molar refractivity (Wildman–Crippen MR) is 101 cm³/mol. The highest BCUT2D eigenvalue weighted by Gasteiger charge is 2.34. The first-order valence-electron chi connectivity index (χ1n) is 8.94. The molecule has 0 bridgehead atoms. The van der Waals surface area contributed by atoms with Crippen molar-refractivity contribution in [2.45, 2.75) is 25.1 Å². The van der Waals surface area contributed by atoms with Crippen molar-refractivity contribution in [3.05, 3.63) is 77.5 Å². The van der Waals surface area contributed by atoms with Crippen molar-refractivity contribution in [2.75, 3.05) is 7.11 Å². The number of benzene rings is 2. The molecule has 9 heteroatoms. The minimum atomic E-state index is -4.63. The Morgan fingerprint density at radius 2 is 1.87 bits per heavy atom. The van der Waals surface area contributed by atoms with E-state index >= 15 is 0 Å². The second-order valence-corrected chi connectivity index (χ2v) is 6.54. The number of methoxy groups -OCH3 is 1. The van der Waals surface area contributed by atoms with E-state index in [1.807, 2.05) is 0 Å². The largest absolute Gasteiger partial charge is 0.468 e. The third-order valence-corrected chi connectivity index (χ3v) is 4.35. The highest BCUT2D eigenvalue weighted by molar-refractivity contribution is 5.75. The van der Waals surface area contributed by atoms with Crippen LogP contribution in [-0.2, 0) is 28.5 Å². The maximum absolute atomic E-state index is 13.5. The molecule has 0 fully saturated rings. The van der Waals surface area contributed by atoms with Crippen LogP contribution < -0.4 is 10.5 Å². The molecule has 1 aromatic heterocycles. The highest BCUT2D eigenvalue weighted by Crippen LogP contribution is 2.36. The van der Waals surface area contributed by atoms with Crippen LogP contribution in [0.3, 0.4) is 0 Å². The molecular weight excluding hydrogens is 401 g/mol. The molecule has 3 aromatic rings. The van der Waals surface area contributed by atoms with E-state index in [1.165, 1.54) is 18.5 Å². The number of nitrogens with zero attached hydrogens (tertiary/aromatic N) is 1. The van der Waals surface area contributed by atoms with Crippen LogP contribution in [0.15, 0.2) is 59.5 Å². The Labute approximate surface area is 170 Å². The fourth-order valence-electron chi connectivity index (χ4n) is 2.87. The number of ether oxygens (including phenoxy) is 2. The van der Waals surface area contributed by atoms with Gasteiger partial charge in [0.1, 0.15) is 23.3 Å². The maximum atomic E-state index is 13.5. The molecule has 30 heavy (non-hydrogen) atoms. The van der Waals surface area contributed by atoms with Crippen molar-refractivity contribution in [1.82, 2.24) is 4.98 Å². The Hall–Kier alpha value is -3.33. The molecule has 1 heterocycles. The van der Waals surface area contributed by atoms with Crippen LogP contribution in [-0.4, -0.2) is 24.1 Å². The quantitative estimate of drug-likeness (QED) is 0.579. The zero-order valence-corrected chi connectivity index (χ0v) is 16.0. The van der Waals surface area contributed by atoms with Crippen LogP contribution in [0.2, 0.25) is 0 Å². The van der Waals surface area contributed by atoms with Crippen molar-refractivity contribution >= 4 is 5.97 Å². The number of halogens is 3. The normalized spacial score (nSPS) is 12.4. The molecule has 1 unspecified atom stereocenters. The molecule has 158 valence electrons. The van der Waals surface area contributed by atoms with Gasteiger partial charge in [-0.05, 0) is 41.8 Å². The number of rotatable bonds is 7. The molecule has 0 aliphatic carbocycles. The first-order chi connectivity index (χ1) is 14.3. The number of oxazole rings is 1. The molecule has 6 nitrogen and oxygen atoms in total. The van der Waals surface area contributed by atoms with Gasteiger partial charge in [0.05, 0.1) is 18.9 Å². The number of alkyl halides is 3. The molecule has 1 atom stereocenters. The Morgan fingerprint density at radius 1 is 1.17 bits per heavy atom. The zero-order chi connectivity index (χ0) is 21.7. The number of aromatic nitrogens is 1. The molecule has 3 rings (SSSR count). The van der Waals surface area contributed by atoms with E-state index in [0.717, 1.165) is 18.7 Å². The molecule has 0 saturated carbocycles. The van der Waals surface area contributed by atoms with Crippen LogP contribution in [0.5, 0.6) is 11.5 Å². The summed E-state index contributed by atoms with van der Waals surface area (Å²) in [7, 11) is 1.13. The molecule has 0 spiro atoms. The minimum Gasteiger partial charge on any atom is -0.468 e. The molecule has 0 amide bonds. The third kappa shape index (κ3) is 5.38. The fraction of sp³-hybridized carbons (Fsp3) is 0.238. The zero-order valence-electron chi connectivity index (χ0n) is 16.0. The van der Waals surface area contributed by atoms with Gasteiger partial charge in [-0.2, -0.15) is 13.2 Å². The Balaban J connectivity index is 1.76. The monoisotopic (exact) mass is 420 g/mol. The van der Waals surface area contributed by atoms with Crippen molar-refractivity contribution in [3.63, 3.8) is 0 Å². The molecule has 2 aromatic carbocycles. The van der Waals surface area contributed by atoms with Crippen molar-refractivity contribution in [1.29, 1.82) is 0 Å². The summed E-state index contributed by atoms with van der Waals surface area (Å²) in [4.78, 5) is 15.3. The Bertz CT molecular complexity index is 986. The summed E-state index contributed by atoms with van der Waals surface area (Å²) in [5.41, 5.74) is 5.51. The van der Waals surface area contributed by atoms with E-state index in [0.29, 0.717) is 17.9 Å². The molecule has 0 aliphatic rings. The van der Waals surface area contributed by atoms with Crippen LogP contribution in [0, 0.1) is 0 Å². The molecule has 0 radical (unpaired) electrons. The van der Waals surface area contributed by atoms with Crippen molar-refractivity contribution < 1.29 is 31.9 Å². The Kier molecular flexibility index (Phi) is 6.41. The second-order valence-electron chi connectivity index (χ2n) is 6.54. The molecule has 0 saturated heterocycles. The van der Waals surface area contributed by atoms with E-state index in [2.05, 4.69) is 9.72 Å². The van der Waals surface area contributed by atoms with Crippen LogP contribution in [0.25, 0.3) is 0 Å². The summed E-state index contributed by atoms with van der Waals surface area (Å²) < 4.78 is 55.8. The number of nitrogens with two attached hydrogens (primary N) is 1. The lowest BCUT2D eigenvalue weighted by atomic mass is 9.99.